The topological polar surface area (TPSA) is 61.4 Å². The number of hydrogen-bond donors (Lipinski definition) is 2. The molecule has 2 saturated heterocycles. The lowest BCUT2D eigenvalue weighted by molar-refractivity contribution is -0.128. The molecule has 2 amide bonds. The van der Waals surface area contributed by atoms with Gasteiger partial charge in [0.25, 0.3) is 0 Å². The van der Waals surface area contributed by atoms with Crippen molar-refractivity contribution in [2.24, 2.45) is 0 Å². The van der Waals surface area contributed by atoms with Crippen LogP contribution in [0.5, 0.6) is 0 Å². The first-order valence-corrected chi connectivity index (χ1v) is 7.14. The maximum absolute atomic E-state index is 11.8. The van der Waals surface area contributed by atoms with Crippen molar-refractivity contribution in [3.8, 4) is 0 Å². The molecule has 3 rings (SSSR count). The van der Waals surface area contributed by atoms with Crippen LogP contribution < -0.4 is 15.5 Å². The fraction of sp³-hybridized carbons (Fsp3) is 0.467. The lowest BCUT2D eigenvalue weighted by Crippen LogP contribution is -2.51. The Morgan fingerprint density at radius 1 is 1.10 bits per heavy atom. The number of rotatable bonds is 2. The highest BCUT2D eigenvalue weighted by molar-refractivity contribution is 6.04. The SMILES string of the molecule is O=C1CN(c2ccc(C3CCCCN3)cc2)C(=O)CN1. The Morgan fingerprint density at radius 2 is 1.90 bits per heavy atom. The molecule has 2 aliphatic heterocycles. The Kier molecular flexibility index (Phi) is 3.69. The second-order valence-corrected chi connectivity index (χ2v) is 5.35. The van der Waals surface area contributed by atoms with E-state index in [4.69, 9.17) is 0 Å². The molecule has 0 bridgehead atoms. The number of piperazine rings is 1. The number of benzene rings is 1. The second kappa shape index (κ2) is 5.63. The third-order valence-corrected chi connectivity index (χ3v) is 3.96. The predicted molar refractivity (Wildman–Crippen MR) is 76.4 cm³/mol. The molecular weight excluding hydrogens is 254 g/mol. The van der Waals surface area contributed by atoms with Gasteiger partial charge in [0.05, 0.1) is 6.54 Å². The third kappa shape index (κ3) is 2.67. The van der Waals surface area contributed by atoms with Gasteiger partial charge >= 0.3 is 0 Å². The van der Waals surface area contributed by atoms with E-state index in [1.165, 1.54) is 23.3 Å². The van der Waals surface area contributed by atoms with Crippen molar-refractivity contribution in [3.05, 3.63) is 29.8 Å². The summed E-state index contributed by atoms with van der Waals surface area (Å²) in [6.45, 7) is 1.27. The van der Waals surface area contributed by atoms with Crippen molar-refractivity contribution < 1.29 is 9.59 Å². The minimum Gasteiger partial charge on any atom is -0.345 e. The molecule has 0 spiro atoms. The van der Waals surface area contributed by atoms with Crippen LogP contribution in [0.25, 0.3) is 0 Å². The number of carbonyl (C=O) groups is 2. The number of nitrogens with zero attached hydrogens (tertiary/aromatic N) is 1. The Labute approximate surface area is 118 Å². The van der Waals surface area contributed by atoms with E-state index in [1.807, 2.05) is 12.1 Å². The average Bonchev–Trinajstić information content (AvgIpc) is 2.51. The number of hydrogen-bond acceptors (Lipinski definition) is 3. The van der Waals surface area contributed by atoms with E-state index in [2.05, 4.69) is 22.8 Å². The van der Waals surface area contributed by atoms with Crippen molar-refractivity contribution >= 4 is 17.5 Å². The van der Waals surface area contributed by atoms with Crippen LogP contribution in [0.4, 0.5) is 5.69 Å². The molecule has 0 radical (unpaired) electrons. The molecule has 1 atom stereocenters. The summed E-state index contributed by atoms with van der Waals surface area (Å²) in [6, 6.07) is 8.39. The molecule has 1 aromatic carbocycles. The molecule has 2 fully saturated rings. The van der Waals surface area contributed by atoms with Crippen molar-refractivity contribution in [2.45, 2.75) is 25.3 Å². The van der Waals surface area contributed by atoms with Crippen LogP contribution in [-0.2, 0) is 9.59 Å². The Morgan fingerprint density at radius 3 is 2.60 bits per heavy atom. The average molecular weight is 273 g/mol. The molecule has 2 N–H and O–H groups in total. The van der Waals surface area contributed by atoms with Crippen molar-refractivity contribution in [1.82, 2.24) is 10.6 Å². The first-order valence-electron chi connectivity index (χ1n) is 7.14. The quantitative estimate of drug-likeness (QED) is 0.844. The molecule has 2 heterocycles. The smallest absolute Gasteiger partial charge is 0.246 e. The molecule has 20 heavy (non-hydrogen) atoms. The molecule has 1 unspecified atom stereocenters. The van der Waals surface area contributed by atoms with Gasteiger partial charge in [-0.2, -0.15) is 0 Å². The fourth-order valence-electron chi connectivity index (χ4n) is 2.82. The largest absolute Gasteiger partial charge is 0.345 e. The number of amides is 2. The number of nitrogens with one attached hydrogen (secondary N) is 2. The van der Waals surface area contributed by atoms with Gasteiger partial charge in [-0.3, -0.25) is 9.59 Å². The summed E-state index contributed by atoms with van der Waals surface area (Å²) in [4.78, 5) is 24.8. The van der Waals surface area contributed by atoms with Crippen molar-refractivity contribution in [3.63, 3.8) is 0 Å². The zero-order valence-corrected chi connectivity index (χ0v) is 11.4. The maximum Gasteiger partial charge on any atom is 0.246 e. The molecule has 2 aliphatic rings. The lowest BCUT2D eigenvalue weighted by atomic mass is 9.97. The van der Waals surface area contributed by atoms with E-state index in [0.29, 0.717) is 6.04 Å². The summed E-state index contributed by atoms with van der Waals surface area (Å²) in [5, 5.41) is 6.06. The van der Waals surface area contributed by atoms with Gasteiger partial charge in [0, 0.05) is 11.7 Å². The highest BCUT2D eigenvalue weighted by atomic mass is 16.2. The van der Waals surface area contributed by atoms with E-state index >= 15 is 0 Å². The zero-order chi connectivity index (χ0) is 13.9. The Bertz CT molecular complexity index is 506. The van der Waals surface area contributed by atoms with Gasteiger partial charge in [0.15, 0.2) is 0 Å². The second-order valence-electron chi connectivity index (χ2n) is 5.35. The molecule has 0 aromatic heterocycles. The van der Waals surface area contributed by atoms with E-state index < -0.39 is 0 Å². The maximum atomic E-state index is 11.8. The lowest BCUT2D eigenvalue weighted by Gasteiger charge is -2.28. The Balaban J connectivity index is 1.74. The normalized spacial score (nSPS) is 23.6. The van der Waals surface area contributed by atoms with Gasteiger partial charge < -0.3 is 15.5 Å². The van der Waals surface area contributed by atoms with Crippen LogP contribution in [0.3, 0.4) is 0 Å². The van der Waals surface area contributed by atoms with Gasteiger partial charge in [-0.1, -0.05) is 18.6 Å². The summed E-state index contributed by atoms with van der Waals surface area (Å²) in [7, 11) is 0. The van der Waals surface area contributed by atoms with Crippen LogP contribution in [0.2, 0.25) is 0 Å². The number of piperidine rings is 1. The minimum absolute atomic E-state index is 0.0619. The molecule has 5 nitrogen and oxygen atoms in total. The van der Waals surface area contributed by atoms with Gasteiger partial charge in [0.2, 0.25) is 11.8 Å². The van der Waals surface area contributed by atoms with Gasteiger partial charge in [0.1, 0.15) is 6.54 Å². The van der Waals surface area contributed by atoms with Gasteiger partial charge in [-0.25, -0.2) is 0 Å². The van der Waals surface area contributed by atoms with Gasteiger partial charge in [-0.15, -0.1) is 0 Å². The summed E-state index contributed by atoms with van der Waals surface area (Å²) >= 11 is 0. The van der Waals surface area contributed by atoms with Crippen molar-refractivity contribution in [1.29, 1.82) is 0 Å². The molecule has 5 heteroatoms. The summed E-state index contributed by atoms with van der Waals surface area (Å²) in [5.74, 6) is -0.171. The molecule has 1 aromatic rings. The van der Waals surface area contributed by atoms with Crippen LogP contribution in [0.1, 0.15) is 30.9 Å². The number of anilines is 1. The van der Waals surface area contributed by atoms with Crippen LogP contribution in [0.15, 0.2) is 24.3 Å². The monoisotopic (exact) mass is 273 g/mol. The van der Waals surface area contributed by atoms with Crippen LogP contribution in [0, 0.1) is 0 Å². The highest BCUT2D eigenvalue weighted by Gasteiger charge is 2.24. The first-order chi connectivity index (χ1) is 9.74. The third-order valence-electron chi connectivity index (χ3n) is 3.96. The zero-order valence-electron chi connectivity index (χ0n) is 11.4. The van der Waals surface area contributed by atoms with Crippen molar-refractivity contribution in [2.75, 3.05) is 24.5 Å². The van der Waals surface area contributed by atoms with Crippen LogP contribution >= 0.6 is 0 Å². The number of carbonyl (C=O) groups excluding carboxylic acids is 2. The summed E-state index contributed by atoms with van der Waals surface area (Å²) in [5.41, 5.74) is 2.05. The fourth-order valence-corrected chi connectivity index (χ4v) is 2.82. The highest BCUT2D eigenvalue weighted by Crippen LogP contribution is 2.25. The summed E-state index contributed by atoms with van der Waals surface area (Å²) < 4.78 is 0. The van der Waals surface area contributed by atoms with Gasteiger partial charge in [-0.05, 0) is 37.1 Å². The molecular formula is C15H19N3O2. The van der Waals surface area contributed by atoms with Crippen LogP contribution in [-0.4, -0.2) is 31.4 Å². The standard InChI is InChI=1S/C15H19N3O2/c19-14-10-18(15(20)9-17-14)12-6-4-11(5-7-12)13-3-1-2-8-16-13/h4-7,13,16H,1-3,8-10H2,(H,17,19). The molecule has 106 valence electrons. The molecule has 0 aliphatic carbocycles. The molecule has 0 saturated carbocycles. The Hall–Kier alpha value is -1.88. The summed E-state index contributed by atoms with van der Waals surface area (Å²) in [6.07, 6.45) is 3.65. The van der Waals surface area contributed by atoms with E-state index in [9.17, 15) is 9.59 Å². The predicted octanol–water partition coefficient (Wildman–Crippen LogP) is 0.964. The van der Waals surface area contributed by atoms with E-state index in [-0.39, 0.29) is 24.9 Å². The first kappa shape index (κ1) is 13.1. The van der Waals surface area contributed by atoms with E-state index in [0.717, 1.165) is 18.7 Å². The minimum atomic E-state index is -0.109. The van der Waals surface area contributed by atoms with E-state index in [1.54, 1.807) is 0 Å².